The molecular formula is C75H128O20. The smallest absolute Gasteiger partial charge is 0.344 e. The van der Waals surface area contributed by atoms with Crippen LogP contribution in [0.4, 0.5) is 0 Å². The van der Waals surface area contributed by atoms with Crippen LogP contribution in [0.15, 0.2) is 0 Å². The monoisotopic (exact) mass is 1350 g/mol. The van der Waals surface area contributed by atoms with E-state index in [9.17, 15) is 47.9 Å². The molecule has 0 spiro atoms. The minimum absolute atomic E-state index is 0.162. The first kappa shape index (κ1) is 85.8. The van der Waals surface area contributed by atoms with Gasteiger partial charge < -0.3 is 47.4 Å². The number of hydrogen-bond acceptors (Lipinski definition) is 20. The van der Waals surface area contributed by atoms with Gasteiger partial charge in [-0.3, -0.25) is 24.0 Å². The van der Waals surface area contributed by atoms with E-state index in [1.165, 1.54) is 32.1 Å². The molecule has 6 aliphatic rings. The Balaban J connectivity index is 0.000000405. The zero-order chi connectivity index (χ0) is 71.9. The Morgan fingerprint density at radius 2 is 0.695 bits per heavy atom. The standard InChI is InChI=1S/C17H28O4.3C15H26O4.C13H22O4/c1-5-11(2)16(19)20-10-15(18)21-17(3,4)14-9-12-6-7-13(14)8-12;1-5-14(2,3)13(17)18-11-12(16)19-15(4)9-7-6-8-10-15;1-5-14(3,4)13(17)18-11-12(16)19-15(6-2)9-7-8-10-15;1-4-12(3)14(17)18-11-13(16)19-15(5-2)9-7-6-8-10-15;1-4-10(2)12(15)16-9-11(14)17-13(3)7-5-6-8-13/h11-14H,5-10H2,1-4H3;2*5-11H2,1-4H3;12H,4-11H2,1-3H3;10H,4-9H2,1-3H3. The van der Waals surface area contributed by atoms with E-state index in [4.69, 9.17) is 47.4 Å². The molecule has 0 heterocycles. The van der Waals surface area contributed by atoms with Crippen molar-refractivity contribution >= 4 is 59.7 Å². The van der Waals surface area contributed by atoms with Gasteiger partial charge in [-0.25, -0.2) is 24.0 Å². The molecule has 2 bridgehead atoms. The first-order valence-corrected chi connectivity index (χ1v) is 36.4. The normalized spacial score (nSPS) is 21.3. The molecule has 0 N–H and O–H groups in total. The third-order valence-corrected chi connectivity index (χ3v) is 21.1. The Morgan fingerprint density at radius 1 is 0.389 bits per heavy atom. The Bertz CT molecular complexity index is 2400. The summed E-state index contributed by atoms with van der Waals surface area (Å²) in [6.07, 6.45) is 28.7. The van der Waals surface area contributed by atoms with E-state index in [1.807, 2.05) is 104 Å². The van der Waals surface area contributed by atoms with Crippen LogP contribution >= 0.6 is 0 Å². The van der Waals surface area contributed by atoms with Crippen molar-refractivity contribution in [1.29, 1.82) is 0 Å². The van der Waals surface area contributed by atoms with Crippen LogP contribution in [0.3, 0.4) is 0 Å². The number of hydrogen-bond donors (Lipinski definition) is 0. The van der Waals surface area contributed by atoms with Crippen LogP contribution in [0.2, 0.25) is 0 Å². The van der Waals surface area contributed by atoms with Crippen LogP contribution in [-0.4, -0.2) is 121 Å². The van der Waals surface area contributed by atoms with Crippen molar-refractivity contribution in [3.05, 3.63) is 0 Å². The molecule has 6 unspecified atom stereocenters. The Hall–Kier alpha value is -5.30. The van der Waals surface area contributed by atoms with Gasteiger partial charge in [0.05, 0.1) is 28.6 Å². The van der Waals surface area contributed by atoms with Gasteiger partial charge in [0.2, 0.25) is 0 Å². The summed E-state index contributed by atoms with van der Waals surface area (Å²) in [5, 5.41) is 0. The Kier molecular flexibility index (Phi) is 37.2. The SMILES string of the molecule is CCC(C)(C)C(=O)OCC(=O)OC1(C)CCCCC1.CCC(C)C(=O)OCC(=O)OC(C)(C)C1CC2CCC1C2.CCC(C)C(=O)OCC(=O)OC1(C)CCCC1.CCC(C)C(=O)OCC(=O)OC1(CC)CCCCC1.CCC1(OC(=O)COC(=O)C(C)(C)CC)CCCC1. The van der Waals surface area contributed by atoms with Crippen LogP contribution in [0.5, 0.6) is 0 Å². The van der Waals surface area contributed by atoms with Crippen LogP contribution in [0.1, 0.15) is 311 Å². The third-order valence-electron chi connectivity index (χ3n) is 21.1. The molecule has 6 aliphatic carbocycles. The highest BCUT2D eigenvalue weighted by atomic mass is 16.6. The van der Waals surface area contributed by atoms with E-state index in [2.05, 4.69) is 0 Å². The summed E-state index contributed by atoms with van der Waals surface area (Å²) in [5.74, 6) is -2.36. The average molecular weight is 1350 g/mol. The fraction of sp³-hybridized carbons (Fsp3) is 0.867. The van der Waals surface area contributed by atoms with Crippen LogP contribution in [0.25, 0.3) is 0 Å². The molecule has 0 radical (unpaired) electrons. The van der Waals surface area contributed by atoms with Crippen molar-refractivity contribution < 1.29 is 95.3 Å². The molecule has 0 saturated heterocycles. The largest absolute Gasteiger partial charge is 0.457 e. The molecule has 0 aliphatic heterocycles. The van der Waals surface area contributed by atoms with Crippen molar-refractivity contribution in [3.63, 3.8) is 0 Å². The van der Waals surface area contributed by atoms with Crippen LogP contribution in [0, 0.1) is 46.3 Å². The molecule has 0 aromatic carbocycles. The third kappa shape index (κ3) is 30.6. The summed E-state index contributed by atoms with van der Waals surface area (Å²) >= 11 is 0. The van der Waals surface area contributed by atoms with Gasteiger partial charge in [-0.05, 0) is 234 Å². The highest BCUT2D eigenvalue weighted by Crippen LogP contribution is 2.53. The molecule has 548 valence electrons. The van der Waals surface area contributed by atoms with Crippen molar-refractivity contribution in [3.8, 4) is 0 Å². The summed E-state index contributed by atoms with van der Waals surface area (Å²) in [5.41, 5.74) is -2.91. The van der Waals surface area contributed by atoms with Crippen molar-refractivity contribution in [2.24, 2.45) is 46.3 Å². The molecule has 0 amide bonds. The number of fused-ring (bicyclic) bond motifs is 2. The van der Waals surface area contributed by atoms with Gasteiger partial charge in [-0.2, -0.15) is 0 Å². The van der Waals surface area contributed by atoms with E-state index < -0.39 is 46.3 Å². The van der Waals surface area contributed by atoms with Crippen molar-refractivity contribution in [2.45, 2.75) is 339 Å². The molecule has 0 aromatic heterocycles. The maximum absolute atomic E-state index is 11.9. The lowest BCUT2D eigenvalue weighted by molar-refractivity contribution is -0.174. The number of rotatable bonds is 28. The van der Waals surface area contributed by atoms with E-state index in [0.29, 0.717) is 43.9 Å². The maximum Gasteiger partial charge on any atom is 0.344 e. The first-order valence-electron chi connectivity index (χ1n) is 36.4. The molecule has 20 nitrogen and oxygen atoms in total. The summed E-state index contributed by atoms with van der Waals surface area (Å²) in [6, 6.07) is 0. The maximum atomic E-state index is 11.9. The second-order valence-electron chi connectivity index (χ2n) is 30.1. The second kappa shape index (κ2) is 41.2. The lowest BCUT2D eigenvalue weighted by Crippen LogP contribution is -2.40. The molecule has 6 atom stereocenters. The van der Waals surface area contributed by atoms with Gasteiger partial charge in [0.15, 0.2) is 33.0 Å². The Labute approximate surface area is 570 Å². The van der Waals surface area contributed by atoms with Gasteiger partial charge in [0.25, 0.3) is 0 Å². The fourth-order valence-corrected chi connectivity index (χ4v) is 12.8. The number of carbonyl (C=O) groups excluding carboxylic acids is 10. The zero-order valence-corrected chi connectivity index (χ0v) is 62.2. The van der Waals surface area contributed by atoms with Crippen molar-refractivity contribution in [2.75, 3.05) is 33.0 Å². The summed E-state index contributed by atoms with van der Waals surface area (Å²) < 4.78 is 52.5. The number of carbonyl (C=O) groups is 10. The lowest BCUT2D eigenvalue weighted by Gasteiger charge is -2.36. The van der Waals surface area contributed by atoms with E-state index in [-0.39, 0.29) is 103 Å². The molecule has 0 aromatic rings. The van der Waals surface area contributed by atoms with Gasteiger partial charge in [0, 0.05) is 5.92 Å². The quantitative estimate of drug-likeness (QED) is 0.0520. The average Bonchev–Trinajstić information content (AvgIpc) is 1.66. The predicted molar refractivity (Wildman–Crippen MR) is 361 cm³/mol. The minimum Gasteiger partial charge on any atom is -0.457 e. The number of esters is 10. The summed E-state index contributed by atoms with van der Waals surface area (Å²) in [4.78, 5) is 117. The fourth-order valence-electron chi connectivity index (χ4n) is 12.8. The van der Waals surface area contributed by atoms with Gasteiger partial charge in [-0.1, -0.05) is 88.5 Å². The minimum atomic E-state index is -0.547. The van der Waals surface area contributed by atoms with E-state index in [1.54, 1.807) is 20.8 Å². The Morgan fingerprint density at radius 3 is 1.00 bits per heavy atom. The summed E-state index contributed by atoms with van der Waals surface area (Å²) in [7, 11) is 0. The highest BCUT2D eigenvalue weighted by Gasteiger charge is 2.48. The zero-order valence-electron chi connectivity index (χ0n) is 62.2. The molecule has 6 rings (SSSR count). The van der Waals surface area contributed by atoms with Crippen LogP contribution in [-0.2, 0) is 95.3 Å². The van der Waals surface area contributed by atoms with Crippen LogP contribution < -0.4 is 0 Å². The second-order valence-corrected chi connectivity index (χ2v) is 30.1. The first-order chi connectivity index (χ1) is 44.5. The predicted octanol–water partition coefficient (Wildman–Crippen LogP) is 15.5. The number of ether oxygens (including phenoxy) is 10. The van der Waals surface area contributed by atoms with Gasteiger partial charge >= 0.3 is 59.7 Å². The molecule has 6 fully saturated rings. The van der Waals surface area contributed by atoms with E-state index >= 15 is 0 Å². The van der Waals surface area contributed by atoms with Gasteiger partial charge in [0.1, 0.15) is 28.0 Å². The molecule has 20 heteroatoms. The van der Waals surface area contributed by atoms with Gasteiger partial charge in [-0.15, -0.1) is 0 Å². The van der Waals surface area contributed by atoms with Crippen molar-refractivity contribution in [1.82, 2.24) is 0 Å². The molecule has 6 saturated carbocycles. The lowest BCUT2D eigenvalue weighted by atomic mass is 9.78. The highest BCUT2D eigenvalue weighted by molar-refractivity contribution is 5.81. The summed E-state index contributed by atoms with van der Waals surface area (Å²) in [6.45, 7) is 32.8. The van der Waals surface area contributed by atoms with E-state index in [0.717, 1.165) is 128 Å². The topological polar surface area (TPSA) is 263 Å². The molecule has 95 heavy (non-hydrogen) atoms. The molecular weight excluding hydrogens is 1220 g/mol.